The Bertz CT molecular complexity index is 489. The number of urea groups is 1. The Morgan fingerprint density at radius 2 is 1.95 bits per heavy atom. The zero-order valence-corrected chi connectivity index (χ0v) is 11.4. The Morgan fingerprint density at radius 1 is 1.35 bits per heavy atom. The summed E-state index contributed by atoms with van der Waals surface area (Å²) >= 11 is 0. The first-order valence-corrected chi connectivity index (χ1v) is 6.65. The third-order valence-electron chi connectivity index (χ3n) is 3.40. The number of rotatable bonds is 4. The van der Waals surface area contributed by atoms with E-state index in [-0.39, 0.29) is 24.4 Å². The Kier molecular flexibility index (Phi) is 4.39. The van der Waals surface area contributed by atoms with Gasteiger partial charge >= 0.3 is 6.03 Å². The minimum Gasteiger partial charge on any atom is -0.384 e. The molecule has 1 aliphatic rings. The first-order valence-electron chi connectivity index (χ1n) is 6.65. The van der Waals surface area contributed by atoms with Crippen LogP contribution in [0.15, 0.2) is 36.4 Å². The average molecular weight is 278 g/mol. The minimum atomic E-state index is -1.24. The molecule has 1 aromatic rings. The van der Waals surface area contributed by atoms with E-state index in [1.54, 1.807) is 6.92 Å². The van der Waals surface area contributed by atoms with Crippen molar-refractivity contribution >= 4 is 6.03 Å². The lowest BCUT2D eigenvalue weighted by Crippen LogP contribution is -2.46. The summed E-state index contributed by atoms with van der Waals surface area (Å²) in [4.78, 5) is 11.7. The summed E-state index contributed by atoms with van der Waals surface area (Å²) < 4.78 is 12.8. The van der Waals surface area contributed by atoms with Gasteiger partial charge in [-0.25, -0.2) is 9.18 Å². The van der Waals surface area contributed by atoms with E-state index in [2.05, 4.69) is 10.6 Å². The molecule has 0 heterocycles. The van der Waals surface area contributed by atoms with Crippen LogP contribution in [-0.2, 0) is 5.60 Å². The number of hydrogen-bond donors (Lipinski definition) is 3. The smallest absolute Gasteiger partial charge is 0.315 e. The van der Waals surface area contributed by atoms with Crippen molar-refractivity contribution < 1.29 is 14.3 Å². The lowest BCUT2D eigenvalue weighted by Gasteiger charge is -2.25. The van der Waals surface area contributed by atoms with E-state index in [9.17, 15) is 14.3 Å². The quantitative estimate of drug-likeness (QED) is 0.738. The summed E-state index contributed by atoms with van der Waals surface area (Å²) in [6.45, 7) is 1.64. The number of hydrogen-bond acceptors (Lipinski definition) is 2. The number of amides is 2. The molecule has 2 amide bonds. The van der Waals surface area contributed by atoms with Crippen LogP contribution in [0.4, 0.5) is 9.18 Å². The summed E-state index contributed by atoms with van der Waals surface area (Å²) in [6, 6.07) is 5.42. The molecule has 1 aliphatic carbocycles. The van der Waals surface area contributed by atoms with Crippen LogP contribution in [0.3, 0.4) is 0 Å². The Hall–Kier alpha value is -1.88. The van der Waals surface area contributed by atoms with Crippen molar-refractivity contribution in [3.8, 4) is 0 Å². The van der Waals surface area contributed by atoms with Gasteiger partial charge in [0.1, 0.15) is 11.4 Å². The molecule has 5 heteroatoms. The topological polar surface area (TPSA) is 61.4 Å². The van der Waals surface area contributed by atoms with Crippen LogP contribution in [0.2, 0.25) is 0 Å². The van der Waals surface area contributed by atoms with Crippen LogP contribution >= 0.6 is 0 Å². The molecular weight excluding hydrogens is 259 g/mol. The van der Waals surface area contributed by atoms with E-state index in [1.165, 1.54) is 24.3 Å². The van der Waals surface area contributed by atoms with Crippen LogP contribution < -0.4 is 10.6 Å². The Balaban J connectivity index is 1.85. The van der Waals surface area contributed by atoms with E-state index in [0.717, 1.165) is 12.8 Å². The van der Waals surface area contributed by atoms with Gasteiger partial charge in [0.2, 0.25) is 0 Å². The molecule has 0 radical (unpaired) electrons. The van der Waals surface area contributed by atoms with Crippen LogP contribution in [0.1, 0.15) is 25.3 Å². The number of halogens is 1. The number of nitrogens with one attached hydrogen (secondary N) is 2. The van der Waals surface area contributed by atoms with E-state index in [0.29, 0.717) is 5.56 Å². The molecular formula is C15H19FN2O2. The van der Waals surface area contributed by atoms with Gasteiger partial charge in [0.05, 0.1) is 6.54 Å². The molecule has 1 aromatic carbocycles. The molecule has 0 saturated carbocycles. The van der Waals surface area contributed by atoms with Crippen molar-refractivity contribution in [2.45, 2.75) is 31.4 Å². The standard InChI is InChI=1S/C15H19FN2O2/c1-15(20,11-6-8-12(16)9-7-11)10-17-14(19)18-13-4-2-3-5-13/h2-3,6-9,13,20H,4-5,10H2,1H3,(H2,17,18,19). The molecule has 0 spiro atoms. The van der Waals surface area contributed by atoms with Crippen LogP contribution in [0, 0.1) is 5.82 Å². The van der Waals surface area contributed by atoms with Gasteiger partial charge in [0.25, 0.3) is 0 Å². The Morgan fingerprint density at radius 3 is 2.55 bits per heavy atom. The summed E-state index contributed by atoms with van der Waals surface area (Å²) in [7, 11) is 0. The number of carbonyl (C=O) groups is 1. The molecule has 0 saturated heterocycles. The van der Waals surface area contributed by atoms with Crippen LogP contribution in [-0.4, -0.2) is 23.7 Å². The first kappa shape index (κ1) is 14.5. The van der Waals surface area contributed by atoms with Crippen molar-refractivity contribution in [3.63, 3.8) is 0 Å². The van der Waals surface area contributed by atoms with Gasteiger partial charge in [-0.3, -0.25) is 0 Å². The third kappa shape index (κ3) is 3.81. The summed E-state index contributed by atoms with van der Waals surface area (Å²) in [5, 5.41) is 15.8. The lowest BCUT2D eigenvalue weighted by molar-refractivity contribution is 0.0592. The SMILES string of the molecule is CC(O)(CNC(=O)NC1CC=CC1)c1ccc(F)cc1. The maximum absolute atomic E-state index is 12.8. The molecule has 20 heavy (non-hydrogen) atoms. The van der Waals surface area contributed by atoms with Gasteiger partial charge < -0.3 is 15.7 Å². The van der Waals surface area contributed by atoms with Crippen LogP contribution in [0.25, 0.3) is 0 Å². The second-order valence-electron chi connectivity index (χ2n) is 5.25. The van der Waals surface area contributed by atoms with Crippen molar-refractivity contribution in [1.29, 1.82) is 0 Å². The zero-order chi connectivity index (χ0) is 14.6. The van der Waals surface area contributed by atoms with Gasteiger partial charge in [-0.05, 0) is 37.5 Å². The molecule has 0 bridgehead atoms. The molecule has 108 valence electrons. The largest absolute Gasteiger partial charge is 0.384 e. The average Bonchev–Trinajstić information content (AvgIpc) is 2.90. The van der Waals surface area contributed by atoms with Gasteiger partial charge in [-0.2, -0.15) is 0 Å². The second kappa shape index (κ2) is 6.05. The van der Waals surface area contributed by atoms with Crippen molar-refractivity contribution in [2.75, 3.05) is 6.54 Å². The highest BCUT2D eigenvalue weighted by atomic mass is 19.1. The maximum Gasteiger partial charge on any atom is 0.315 e. The van der Waals surface area contributed by atoms with E-state index < -0.39 is 5.60 Å². The van der Waals surface area contributed by atoms with Crippen molar-refractivity contribution in [3.05, 3.63) is 47.8 Å². The minimum absolute atomic E-state index is 0.0601. The molecule has 0 aliphatic heterocycles. The highest BCUT2D eigenvalue weighted by Crippen LogP contribution is 2.19. The fourth-order valence-electron chi connectivity index (χ4n) is 2.13. The summed E-state index contributed by atoms with van der Waals surface area (Å²) in [5.41, 5.74) is -0.680. The van der Waals surface area contributed by atoms with E-state index in [4.69, 9.17) is 0 Å². The molecule has 0 fully saturated rings. The van der Waals surface area contributed by atoms with Gasteiger partial charge in [0.15, 0.2) is 0 Å². The molecule has 0 aromatic heterocycles. The highest BCUT2D eigenvalue weighted by Gasteiger charge is 2.24. The van der Waals surface area contributed by atoms with E-state index >= 15 is 0 Å². The maximum atomic E-state index is 12.8. The molecule has 1 unspecified atom stereocenters. The fraction of sp³-hybridized carbons (Fsp3) is 0.400. The second-order valence-corrected chi connectivity index (χ2v) is 5.25. The van der Waals surface area contributed by atoms with Gasteiger partial charge in [-0.1, -0.05) is 24.3 Å². The first-order chi connectivity index (χ1) is 9.47. The predicted octanol–water partition coefficient (Wildman–Crippen LogP) is 2.05. The van der Waals surface area contributed by atoms with Gasteiger partial charge in [0, 0.05) is 6.04 Å². The lowest BCUT2D eigenvalue weighted by atomic mass is 9.96. The van der Waals surface area contributed by atoms with Crippen molar-refractivity contribution in [2.24, 2.45) is 0 Å². The summed E-state index contributed by atoms with van der Waals surface area (Å²) in [6.07, 6.45) is 5.72. The predicted molar refractivity (Wildman–Crippen MR) is 74.7 cm³/mol. The van der Waals surface area contributed by atoms with Gasteiger partial charge in [-0.15, -0.1) is 0 Å². The zero-order valence-electron chi connectivity index (χ0n) is 11.4. The normalized spacial score (nSPS) is 17.8. The third-order valence-corrected chi connectivity index (χ3v) is 3.40. The van der Waals surface area contributed by atoms with Crippen LogP contribution in [0.5, 0.6) is 0 Å². The molecule has 1 atom stereocenters. The number of benzene rings is 1. The highest BCUT2D eigenvalue weighted by molar-refractivity contribution is 5.74. The molecule has 4 nitrogen and oxygen atoms in total. The Labute approximate surface area is 117 Å². The van der Waals surface area contributed by atoms with E-state index in [1.807, 2.05) is 12.2 Å². The van der Waals surface area contributed by atoms with Crippen molar-refractivity contribution in [1.82, 2.24) is 10.6 Å². The molecule has 3 N–H and O–H groups in total. The monoisotopic (exact) mass is 278 g/mol. The number of aliphatic hydroxyl groups is 1. The summed E-state index contributed by atoms with van der Waals surface area (Å²) in [5.74, 6) is -0.357. The molecule has 2 rings (SSSR count). The fourth-order valence-corrected chi connectivity index (χ4v) is 2.13. The number of carbonyl (C=O) groups excluding carboxylic acids is 1.